The Morgan fingerprint density at radius 2 is 2.00 bits per heavy atom. The molecule has 1 unspecified atom stereocenters. The van der Waals surface area contributed by atoms with Gasteiger partial charge in [-0.15, -0.1) is 0 Å². The van der Waals surface area contributed by atoms with Gasteiger partial charge in [0.2, 0.25) is 0 Å². The van der Waals surface area contributed by atoms with E-state index in [-0.39, 0.29) is 0 Å². The number of aliphatic imine (C=N–C) groups is 1. The van der Waals surface area contributed by atoms with Crippen LogP contribution in [-0.2, 0) is 0 Å². The highest BCUT2D eigenvalue weighted by atomic mass is 32.2. The summed E-state index contributed by atoms with van der Waals surface area (Å²) in [5, 5.41) is 4.78. The van der Waals surface area contributed by atoms with Crippen molar-refractivity contribution in [2.75, 3.05) is 12.3 Å². The molecule has 0 aromatic heterocycles. The standard InChI is InChI=1S/C14H28N2S/c1-6-11(7-2)10-15-13-16-12(8-9-17-13)14(3,4)5/h11-12H,6-10H2,1-5H3,(H,15,16). The number of nitrogens with one attached hydrogen (secondary N) is 1. The molecule has 1 fully saturated rings. The Bertz CT molecular complexity index is 251. The van der Waals surface area contributed by atoms with Crippen LogP contribution in [0, 0.1) is 11.3 Å². The monoisotopic (exact) mass is 256 g/mol. The summed E-state index contributed by atoms with van der Waals surface area (Å²) in [6.07, 6.45) is 3.72. The summed E-state index contributed by atoms with van der Waals surface area (Å²) in [6.45, 7) is 12.4. The molecule has 0 spiro atoms. The predicted molar refractivity (Wildman–Crippen MR) is 79.8 cm³/mol. The molecule has 0 aromatic rings. The lowest BCUT2D eigenvalue weighted by Gasteiger charge is -2.35. The highest BCUT2D eigenvalue weighted by Crippen LogP contribution is 2.27. The van der Waals surface area contributed by atoms with Crippen LogP contribution in [0.15, 0.2) is 4.99 Å². The molecular formula is C14H28N2S. The van der Waals surface area contributed by atoms with Gasteiger partial charge in [0.1, 0.15) is 0 Å². The molecule has 0 saturated carbocycles. The van der Waals surface area contributed by atoms with Crippen LogP contribution in [0.25, 0.3) is 0 Å². The molecule has 0 aliphatic carbocycles. The number of nitrogens with zero attached hydrogens (tertiary/aromatic N) is 1. The molecule has 0 radical (unpaired) electrons. The lowest BCUT2D eigenvalue weighted by atomic mass is 9.85. The van der Waals surface area contributed by atoms with Gasteiger partial charge in [-0.1, -0.05) is 59.2 Å². The molecule has 1 aliphatic rings. The first kappa shape index (κ1) is 14.9. The van der Waals surface area contributed by atoms with E-state index in [0.717, 1.165) is 12.5 Å². The SMILES string of the molecule is CCC(CC)CN=C1NC(C(C)(C)C)CCS1. The van der Waals surface area contributed by atoms with Gasteiger partial charge in [-0.2, -0.15) is 0 Å². The highest BCUT2D eigenvalue weighted by molar-refractivity contribution is 8.13. The van der Waals surface area contributed by atoms with Crippen LogP contribution in [0.3, 0.4) is 0 Å². The van der Waals surface area contributed by atoms with Crippen LogP contribution in [0.4, 0.5) is 0 Å². The molecule has 1 aliphatic heterocycles. The van der Waals surface area contributed by atoms with E-state index in [1.54, 1.807) is 0 Å². The summed E-state index contributed by atoms with van der Waals surface area (Å²) in [5.41, 5.74) is 0.330. The summed E-state index contributed by atoms with van der Waals surface area (Å²) in [4.78, 5) is 4.76. The maximum Gasteiger partial charge on any atom is 0.156 e. The minimum Gasteiger partial charge on any atom is -0.362 e. The molecule has 0 bridgehead atoms. The van der Waals surface area contributed by atoms with E-state index >= 15 is 0 Å². The van der Waals surface area contributed by atoms with Crippen molar-refractivity contribution < 1.29 is 0 Å². The molecule has 1 saturated heterocycles. The molecule has 0 amide bonds. The van der Waals surface area contributed by atoms with Crippen molar-refractivity contribution in [1.82, 2.24) is 5.32 Å². The van der Waals surface area contributed by atoms with Gasteiger partial charge >= 0.3 is 0 Å². The Hall–Kier alpha value is -0.180. The van der Waals surface area contributed by atoms with Crippen LogP contribution in [0.5, 0.6) is 0 Å². The van der Waals surface area contributed by atoms with Crippen molar-refractivity contribution in [2.24, 2.45) is 16.3 Å². The van der Waals surface area contributed by atoms with E-state index in [4.69, 9.17) is 4.99 Å². The molecule has 1 rings (SSSR count). The van der Waals surface area contributed by atoms with E-state index in [1.165, 1.54) is 30.2 Å². The van der Waals surface area contributed by atoms with Gasteiger partial charge in [-0.3, -0.25) is 4.99 Å². The summed E-state index contributed by atoms with van der Waals surface area (Å²) in [7, 11) is 0. The molecule has 0 aromatic carbocycles. The third-order valence-electron chi connectivity index (χ3n) is 3.64. The maximum absolute atomic E-state index is 4.76. The summed E-state index contributed by atoms with van der Waals surface area (Å²) in [6, 6.07) is 0.573. The molecule has 1 N–H and O–H groups in total. The third kappa shape index (κ3) is 4.90. The van der Waals surface area contributed by atoms with Crippen molar-refractivity contribution in [3.63, 3.8) is 0 Å². The number of rotatable bonds is 4. The molecule has 1 atom stereocenters. The van der Waals surface area contributed by atoms with Crippen LogP contribution < -0.4 is 5.32 Å². The van der Waals surface area contributed by atoms with Gasteiger partial charge in [0.05, 0.1) is 0 Å². The van der Waals surface area contributed by atoms with Crippen molar-refractivity contribution in [1.29, 1.82) is 0 Å². The minimum atomic E-state index is 0.330. The van der Waals surface area contributed by atoms with Crippen LogP contribution >= 0.6 is 11.8 Å². The predicted octanol–water partition coefficient (Wildman–Crippen LogP) is 3.92. The van der Waals surface area contributed by atoms with Crippen molar-refractivity contribution >= 4 is 16.9 Å². The van der Waals surface area contributed by atoms with Crippen LogP contribution in [0.1, 0.15) is 53.9 Å². The largest absolute Gasteiger partial charge is 0.362 e. The highest BCUT2D eigenvalue weighted by Gasteiger charge is 2.28. The normalized spacial score (nSPS) is 24.1. The second kappa shape index (κ2) is 6.67. The summed E-state index contributed by atoms with van der Waals surface area (Å²) >= 11 is 1.88. The molecule has 3 heteroatoms. The smallest absolute Gasteiger partial charge is 0.156 e. The van der Waals surface area contributed by atoms with Gasteiger partial charge in [-0.25, -0.2) is 0 Å². The van der Waals surface area contributed by atoms with Gasteiger partial charge < -0.3 is 5.32 Å². The van der Waals surface area contributed by atoms with Gasteiger partial charge in [0.15, 0.2) is 5.17 Å². The number of thioether (sulfide) groups is 1. The first-order chi connectivity index (χ1) is 7.97. The van der Waals surface area contributed by atoms with Crippen molar-refractivity contribution in [3.8, 4) is 0 Å². The number of hydrogen-bond acceptors (Lipinski definition) is 2. The fourth-order valence-corrected chi connectivity index (χ4v) is 2.97. The number of hydrogen-bond donors (Lipinski definition) is 1. The Morgan fingerprint density at radius 3 is 2.53 bits per heavy atom. The fraction of sp³-hybridized carbons (Fsp3) is 0.929. The lowest BCUT2D eigenvalue weighted by Crippen LogP contribution is -2.46. The Balaban J connectivity index is 2.51. The first-order valence-electron chi connectivity index (χ1n) is 6.91. The first-order valence-corrected chi connectivity index (χ1v) is 7.89. The van der Waals surface area contributed by atoms with E-state index < -0.39 is 0 Å². The molecule has 17 heavy (non-hydrogen) atoms. The van der Waals surface area contributed by atoms with E-state index in [9.17, 15) is 0 Å². The zero-order valence-corrected chi connectivity index (χ0v) is 12.9. The average Bonchev–Trinajstić information content (AvgIpc) is 2.30. The maximum atomic E-state index is 4.76. The van der Waals surface area contributed by atoms with E-state index in [1.807, 2.05) is 11.8 Å². The van der Waals surface area contributed by atoms with Crippen molar-refractivity contribution in [3.05, 3.63) is 0 Å². The van der Waals surface area contributed by atoms with Gasteiger partial charge in [-0.05, 0) is 17.8 Å². The van der Waals surface area contributed by atoms with E-state index in [0.29, 0.717) is 11.5 Å². The topological polar surface area (TPSA) is 24.4 Å². The van der Waals surface area contributed by atoms with Gasteiger partial charge in [0.25, 0.3) is 0 Å². The third-order valence-corrected chi connectivity index (χ3v) is 4.60. The second-order valence-electron chi connectivity index (χ2n) is 6.03. The van der Waals surface area contributed by atoms with Crippen LogP contribution in [-0.4, -0.2) is 23.5 Å². The Kier molecular flexibility index (Phi) is 5.84. The fourth-order valence-electron chi connectivity index (χ4n) is 2.04. The lowest BCUT2D eigenvalue weighted by molar-refractivity contribution is 0.290. The molecular weight excluding hydrogens is 228 g/mol. The molecule has 100 valence electrons. The summed E-state index contributed by atoms with van der Waals surface area (Å²) < 4.78 is 0. The average molecular weight is 256 g/mol. The number of amidine groups is 1. The summed E-state index contributed by atoms with van der Waals surface area (Å²) in [5.74, 6) is 1.95. The van der Waals surface area contributed by atoms with E-state index in [2.05, 4.69) is 39.9 Å². The Labute approximate surface area is 111 Å². The van der Waals surface area contributed by atoms with Crippen LogP contribution in [0.2, 0.25) is 0 Å². The Morgan fingerprint density at radius 1 is 1.35 bits per heavy atom. The second-order valence-corrected chi connectivity index (χ2v) is 7.11. The quantitative estimate of drug-likeness (QED) is 0.824. The molecule has 2 nitrogen and oxygen atoms in total. The van der Waals surface area contributed by atoms with Crippen molar-refractivity contribution in [2.45, 2.75) is 59.9 Å². The molecule has 1 heterocycles. The zero-order chi connectivity index (χ0) is 12.9. The minimum absolute atomic E-state index is 0.330. The zero-order valence-electron chi connectivity index (χ0n) is 12.0. The van der Waals surface area contributed by atoms with Gasteiger partial charge in [0, 0.05) is 18.3 Å².